The van der Waals surface area contributed by atoms with Gasteiger partial charge in [-0.1, -0.05) is 47.1 Å². The van der Waals surface area contributed by atoms with Gasteiger partial charge in [-0.2, -0.15) is 4.98 Å². The van der Waals surface area contributed by atoms with Gasteiger partial charge in [0.05, 0.1) is 0 Å². The lowest BCUT2D eigenvalue weighted by Gasteiger charge is -2.03. The normalized spacial score (nSPS) is 11.3. The van der Waals surface area contributed by atoms with E-state index in [0.717, 1.165) is 21.7 Å². The second-order valence-electron chi connectivity index (χ2n) is 6.08. The number of benzene rings is 3. The van der Waals surface area contributed by atoms with Crippen molar-refractivity contribution in [3.05, 3.63) is 82.2 Å². The summed E-state index contributed by atoms with van der Waals surface area (Å²) in [5, 5.41) is 7.43. The van der Waals surface area contributed by atoms with E-state index < -0.39 is 5.63 Å². The summed E-state index contributed by atoms with van der Waals surface area (Å²) in [6.07, 6.45) is 0. The van der Waals surface area contributed by atoms with Crippen molar-refractivity contribution in [2.45, 2.75) is 0 Å². The van der Waals surface area contributed by atoms with E-state index in [-0.39, 0.29) is 11.5 Å². The molecule has 3 aromatic carbocycles. The van der Waals surface area contributed by atoms with Crippen molar-refractivity contribution in [1.82, 2.24) is 10.1 Å². The van der Waals surface area contributed by atoms with E-state index in [2.05, 4.69) is 10.1 Å². The van der Waals surface area contributed by atoms with Crippen molar-refractivity contribution >= 4 is 33.3 Å². The Kier molecular flexibility index (Phi) is 3.55. The minimum atomic E-state index is -0.524. The highest BCUT2D eigenvalue weighted by Crippen LogP contribution is 2.28. The Balaban J connectivity index is 1.69. The van der Waals surface area contributed by atoms with Gasteiger partial charge in [0.1, 0.15) is 11.1 Å². The smallest absolute Gasteiger partial charge is 0.349 e. The minimum absolute atomic E-state index is 0.114. The first-order chi connectivity index (χ1) is 13.2. The van der Waals surface area contributed by atoms with Gasteiger partial charge < -0.3 is 8.94 Å². The lowest BCUT2D eigenvalue weighted by Crippen LogP contribution is -2.03. The van der Waals surface area contributed by atoms with E-state index in [1.54, 1.807) is 36.4 Å². The van der Waals surface area contributed by atoms with Crippen LogP contribution in [0, 0.1) is 0 Å². The van der Waals surface area contributed by atoms with Crippen LogP contribution in [0.15, 0.2) is 80.5 Å². The van der Waals surface area contributed by atoms with Crippen LogP contribution in [-0.4, -0.2) is 10.1 Å². The van der Waals surface area contributed by atoms with E-state index in [9.17, 15) is 4.79 Å². The van der Waals surface area contributed by atoms with Crippen LogP contribution < -0.4 is 5.63 Å². The maximum atomic E-state index is 12.4. The predicted octanol–water partition coefficient (Wildman–Crippen LogP) is 5.32. The first-order valence-corrected chi connectivity index (χ1v) is 8.62. The highest BCUT2D eigenvalue weighted by atomic mass is 35.5. The topological polar surface area (TPSA) is 69.1 Å². The highest BCUT2D eigenvalue weighted by Gasteiger charge is 2.17. The summed E-state index contributed by atoms with van der Waals surface area (Å²) in [6.45, 7) is 0. The van der Waals surface area contributed by atoms with Gasteiger partial charge in [-0.25, -0.2) is 4.79 Å². The summed E-state index contributed by atoms with van der Waals surface area (Å²) in [4.78, 5) is 16.8. The molecule has 0 fully saturated rings. The fourth-order valence-electron chi connectivity index (χ4n) is 3.07. The Bertz CT molecular complexity index is 1350. The van der Waals surface area contributed by atoms with Crippen LogP contribution in [0.5, 0.6) is 0 Å². The van der Waals surface area contributed by atoms with Gasteiger partial charge in [0, 0.05) is 16.0 Å². The fourth-order valence-corrected chi connectivity index (χ4v) is 3.20. The molecule has 0 unspecified atom stereocenters. The molecule has 0 spiro atoms. The predicted molar refractivity (Wildman–Crippen MR) is 104 cm³/mol. The number of rotatable bonds is 2. The molecule has 0 aliphatic heterocycles. The van der Waals surface area contributed by atoms with Crippen LogP contribution in [0.4, 0.5) is 0 Å². The van der Waals surface area contributed by atoms with E-state index in [4.69, 9.17) is 20.5 Å². The molecule has 5 aromatic rings. The van der Waals surface area contributed by atoms with Crippen molar-refractivity contribution in [1.29, 1.82) is 0 Å². The molecule has 0 aliphatic carbocycles. The number of halogens is 1. The number of hydrogen-bond acceptors (Lipinski definition) is 5. The Morgan fingerprint density at radius 2 is 1.70 bits per heavy atom. The molecule has 5 rings (SSSR count). The Morgan fingerprint density at radius 1 is 0.889 bits per heavy atom. The summed E-state index contributed by atoms with van der Waals surface area (Å²) in [7, 11) is 0. The minimum Gasteiger partial charge on any atom is -0.422 e. The number of hydrogen-bond donors (Lipinski definition) is 0. The van der Waals surface area contributed by atoms with Crippen LogP contribution in [0.2, 0.25) is 5.02 Å². The molecule has 2 aromatic heterocycles. The summed E-state index contributed by atoms with van der Waals surface area (Å²) < 4.78 is 10.8. The monoisotopic (exact) mass is 374 g/mol. The molecule has 0 aliphatic rings. The lowest BCUT2D eigenvalue weighted by atomic mass is 10.0. The molecule has 6 heteroatoms. The van der Waals surface area contributed by atoms with Crippen LogP contribution in [0.25, 0.3) is 44.6 Å². The van der Waals surface area contributed by atoms with Gasteiger partial charge in [0.2, 0.25) is 5.82 Å². The molecular weight excluding hydrogens is 364 g/mol. The second-order valence-corrected chi connectivity index (χ2v) is 6.51. The molecule has 5 nitrogen and oxygen atoms in total. The molecule has 27 heavy (non-hydrogen) atoms. The maximum Gasteiger partial charge on any atom is 0.349 e. The summed E-state index contributed by atoms with van der Waals surface area (Å²) in [5.74, 6) is 0.489. The summed E-state index contributed by atoms with van der Waals surface area (Å²) in [5.41, 5.74) is 0.959. The zero-order valence-electron chi connectivity index (χ0n) is 13.8. The average Bonchev–Trinajstić information content (AvgIpc) is 3.17. The quantitative estimate of drug-likeness (QED) is 0.309. The third-order valence-corrected chi connectivity index (χ3v) is 4.65. The zero-order chi connectivity index (χ0) is 18.4. The van der Waals surface area contributed by atoms with Gasteiger partial charge in [-0.3, -0.25) is 0 Å². The van der Waals surface area contributed by atoms with Crippen molar-refractivity contribution in [2.75, 3.05) is 0 Å². The summed E-state index contributed by atoms with van der Waals surface area (Å²) >= 11 is 5.91. The largest absolute Gasteiger partial charge is 0.422 e. The zero-order valence-corrected chi connectivity index (χ0v) is 14.6. The third-order valence-electron chi connectivity index (χ3n) is 4.40. The van der Waals surface area contributed by atoms with Gasteiger partial charge in [0.25, 0.3) is 5.89 Å². The standard InChI is InChI=1S/C21H11ClN2O3/c22-14-8-5-13(6-9-14)19-23-20(27-24-19)17-11-16-15-4-2-1-3-12(15)7-10-18(16)26-21(17)25/h1-11H. The fraction of sp³-hybridized carbons (Fsp3) is 0. The molecule has 0 atom stereocenters. The van der Waals surface area contributed by atoms with Crippen LogP contribution in [-0.2, 0) is 0 Å². The van der Waals surface area contributed by atoms with Crippen molar-refractivity contribution in [3.63, 3.8) is 0 Å². The molecule has 0 saturated carbocycles. The van der Waals surface area contributed by atoms with E-state index in [1.165, 1.54) is 0 Å². The van der Waals surface area contributed by atoms with Crippen molar-refractivity contribution in [3.8, 4) is 22.8 Å². The van der Waals surface area contributed by atoms with Gasteiger partial charge in [-0.15, -0.1) is 0 Å². The Morgan fingerprint density at radius 3 is 2.56 bits per heavy atom. The Hall–Kier alpha value is -3.44. The van der Waals surface area contributed by atoms with Crippen LogP contribution in [0.1, 0.15) is 0 Å². The SMILES string of the molecule is O=c1oc2ccc3ccccc3c2cc1-c1nc(-c2ccc(Cl)cc2)no1. The Labute approximate surface area is 157 Å². The average molecular weight is 375 g/mol. The third kappa shape index (κ3) is 2.69. The van der Waals surface area contributed by atoms with Crippen molar-refractivity contribution < 1.29 is 8.94 Å². The first-order valence-electron chi connectivity index (χ1n) is 8.25. The summed E-state index contributed by atoms with van der Waals surface area (Å²) in [6, 6.07) is 20.4. The molecule has 2 heterocycles. The van der Waals surface area contributed by atoms with E-state index >= 15 is 0 Å². The van der Waals surface area contributed by atoms with E-state index in [1.807, 2.05) is 30.3 Å². The van der Waals surface area contributed by atoms with Crippen LogP contribution in [0.3, 0.4) is 0 Å². The molecule has 0 amide bonds. The van der Waals surface area contributed by atoms with Gasteiger partial charge >= 0.3 is 5.63 Å². The molecule has 0 radical (unpaired) electrons. The second kappa shape index (κ2) is 6.07. The highest BCUT2D eigenvalue weighted by molar-refractivity contribution is 6.30. The molecule has 0 saturated heterocycles. The molecule has 0 N–H and O–H groups in total. The lowest BCUT2D eigenvalue weighted by molar-refractivity contribution is 0.429. The molecule has 0 bridgehead atoms. The molecular formula is C21H11ClN2O3. The van der Waals surface area contributed by atoms with Crippen LogP contribution >= 0.6 is 11.6 Å². The van der Waals surface area contributed by atoms with E-state index in [0.29, 0.717) is 16.4 Å². The number of nitrogens with zero attached hydrogens (tertiary/aromatic N) is 2. The van der Waals surface area contributed by atoms with Gasteiger partial charge in [0.15, 0.2) is 0 Å². The number of fused-ring (bicyclic) bond motifs is 3. The van der Waals surface area contributed by atoms with Crippen molar-refractivity contribution in [2.24, 2.45) is 0 Å². The maximum absolute atomic E-state index is 12.4. The van der Waals surface area contributed by atoms with Gasteiger partial charge in [-0.05, 0) is 47.2 Å². The number of aromatic nitrogens is 2. The first kappa shape index (κ1) is 15.8. The molecule has 130 valence electrons.